The molecule has 0 radical (unpaired) electrons. The summed E-state index contributed by atoms with van der Waals surface area (Å²) in [7, 11) is 0. The number of rotatable bonds is 6. The van der Waals surface area contributed by atoms with Crippen LogP contribution in [0, 0.1) is 5.92 Å². The average molecular weight is 275 g/mol. The molecular weight excluding hydrogens is 246 g/mol. The first kappa shape index (κ1) is 15.5. The van der Waals surface area contributed by atoms with Crippen LogP contribution in [0.2, 0.25) is 0 Å². The highest BCUT2D eigenvalue weighted by molar-refractivity contribution is 5.35. The van der Waals surface area contributed by atoms with Crippen molar-refractivity contribution in [2.75, 3.05) is 6.54 Å². The van der Waals surface area contributed by atoms with Gasteiger partial charge in [0.1, 0.15) is 0 Å². The normalized spacial score (nSPS) is 17.9. The lowest BCUT2D eigenvalue weighted by atomic mass is 9.88. The van der Waals surface area contributed by atoms with Crippen LogP contribution in [-0.2, 0) is 12.8 Å². The van der Waals surface area contributed by atoms with Crippen molar-refractivity contribution in [3.8, 4) is 0 Å². The molecular formula is C18H29NO. The van der Waals surface area contributed by atoms with Gasteiger partial charge in [0.05, 0.1) is 6.10 Å². The molecule has 0 saturated heterocycles. The van der Waals surface area contributed by atoms with Crippen LogP contribution in [-0.4, -0.2) is 17.7 Å². The van der Waals surface area contributed by atoms with E-state index in [0.717, 1.165) is 18.5 Å². The van der Waals surface area contributed by atoms with Crippen molar-refractivity contribution < 1.29 is 5.11 Å². The standard InChI is InChI=1S/C18H29NO/c1-4-17(19-12-13(2)3)18(20)16-10-9-14-7-5-6-8-15(14)11-16/h9-11,13,17-20H,4-8,12H2,1-3H3. The van der Waals surface area contributed by atoms with Gasteiger partial charge in [0.2, 0.25) is 0 Å². The first-order chi connectivity index (χ1) is 9.61. The maximum atomic E-state index is 10.6. The number of fused-ring (bicyclic) bond motifs is 1. The summed E-state index contributed by atoms with van der Waals surface area (Å²) < 4.78 is 0. The van der Waals surface area contributed by atoms with Gasteiger partial charge in [-0.3, -0.25) is 0 Å². The molecule has 20 heavy (non-hydrogen) atoms. The molecule has 2 nitrogen and oxygen atoms in total. The van der Waals surface area contributed by atoms with Crippen LogP contribution in [0.3, 0.4) is 0 Å². The van der Waals surface area contributed by atoms with Crippen LogP contribution in [0.1, 0.15) is 62.8 Å². The van der Waals surface area contributed by atoms with Crippen LogP contribution in [0.15, 0.2) is 18.2 Å². The Hall–Kier alpha value is -0.860. The van der Waals surface area contributed by atoms with Gasteiger partial charge in [0, 0.05) is 6.04 Å². The van der Waals surface area contributed by atoms with Crippen LogP contribution in [0.4, 0.5) is 0 Å². The molecule has 1 aliphatic rings. The van der Waals surface area contributed by atoms with Crippen LogP contribution in [0.25, 0.3) is 0 Å². The fourth-order valence-electron chi connectivity index (χ4n) is 3.04. The average Bonchev–Trinajstić information content (AvgIpc) is 2.47. The molecule has 0 heterocycles. The largest absolute Gasteiger partial charge is 0.387 e. The summed E-state index contributed by atoms with van der Waals surface area (Å²) in [6, 6.07) is 6.73. The molecule has 2 heteroatoms. The molecule has 2 rings (SSSR count). The summed E-state index contributed by atoms with van der Waals surface area (Å²) in [5.74, 6) is 0.611. The predicted octanol–water partition coefficient (Wildman–Crippen LogP) is 3.62. The van der Waals surface area contributed by atoms with Crippen molar-refractivity contribution in [1.82, 2.24) is 5.32 Å². The van der Waals surface area contributed by atoms with Gasteiger partial charge in [0.15, 0.2) is 0 Å². The second kappa shape index (κ2) is 7.24. The molecule has 0 bridgehead atoms. The molecule has 0 fully saturated rings. The Labute approximate surface area is 123 Å². The lowest BCUT2D eigenvalue weighted by Crippen LogP contribution is -2.36. The first-order valence-electron chi connectivity index (χ1n) is 8.15. The van der Waals surface area contributed by atoms with E-state index in [4.69, 9.17) is 0 Å². The van der Waals surface area contributed by atoms with Crippen molar-refractivity contribution in [3.63, 3.8) is 0 Å². The summed E-state index contributed by atoms with van der Waals surface area (Å²) in [5, 5.41) is 14.1. The van der Waals surface area contributed by atoms with Crippen molar-refractivity contribution in [2.24, 2.45) is 5.92 Å². The van der Waals surface area contributed by atoms with Gasteiger partial charge in [-0.15, -0.1) is 0 Å². The van der Waals surface area contributed by atoms with Gasteiger partial charge >= 0.3 is 0 Å². The summed E-state index contributed by atoms with van der Waals surface area (Å²) in [6.45, 7) is 7.50. The highest BCUT2D eigenvalue weighted by Crippen LogP contribution is 2.26. The topological polar surface area (TPSA) is 32.3 Å². The van der Waals surface area contributed by atoms with E-state index in [-0.39, 0.29) is 6.04 Å². The van der Waals surface area contributed by atoms with Crippen LogP contribution < -0.4 is 5.32 Å². The van der Waals surface area contributed by atoms with E-state index in [2.05, 4.69) is 44.3 Å². The van der Waals surface area contributed by atoms with Gasteiger partial charge < -0.3 is 10.4 Å². The Kier molecular flexibility index (Phi) is 5.62. The third-order valence-corrected chi connectivity index (χ3v) is 4.32. The summed E-state index contributed by atoms with van der Waals surface area (Å²) in [5.41, 5.74) is 4.01. The fraction of sp³-hybridized carbons (Fsp3) is 0.667. The number of aliphatic hydroxyl groups is 1. The Bertz CT molecular complexity index is 427. The monoisotopic (exact) mass is 275 g/mol. The third-order valence-electron chi connectivity index (χ3n) is 4.32. The van der Waals surface area contributed by atoms with Gasteiger partial charge in [0.25, 0.3) is 0 Å². The highest BCUT2D eigenvalue weighted by Gasteiger charge is 2.20. The van der Waals surface area contributed by atoms with Crippen molar-refractivity contribution >= 4 is 0 Å². The molecule has 112 valence electrons. The molecule has 0 saturated carbocycles. The first-order valence-corrected chi connectivity index (χ1v) is 8.15. The zero-order chi connectivity index (χ0) is 14.5. The van der Waals surface area contributed by atoms with Crippen LogP contribution in [0.5, 0.6) is 0 Å². The minimum atomic E-state index is -0.397. The summed E-state index contributed by atoms with van der Waals surface area (Å²) in [4.78, 5) is 0. The van der Waals surface area contributed by atoms with Gasteiger partial charge in [-0.1, -0.05) is 39.0 Å². The number of aliphatic hydroxyl groups excluding tert-OH is 1. The van der Waals surface area contributed by atoms with E-state index < -0.39 is 6.10 Å². The van der Waals surface area contributed by atoms with E-state index in [1.807, 2.05) is 0 Å². The summed E-state index contributed by atoms with van der Waals surface area (Å²) >= 11 is 0. The second-order valence-electron chi connectivity index (χ2n) is 6.50. The molecule has 0 amide bonds. The van der Waals surface area contributed by atoms with Crippen molar-refractivity contribution in [2.45, 2.75) is 65.0 Å². The lowest BCUT2D eigenvalue weighted by Gasteiger charge is -2.26. The third kappa shape index (κ3) is 3.83. The van der Waals surface area contributed by atoms with Gasteiger partial charge in [-0.05, 0) is 61.3 Å². The van der Waals surface area contributed by atoms with E-state index in [9.17, 15) is 5.11 Å². The van der Waals surface area contributed by atoms with E-state index >= 15 is 0 Å². The Morgan fingerprint density at radius 1 is 1.15 bits per heavy atom. The fourth-order valence-corrected chi connectivity index (χ4v) is 3.04. The molecule has 2 N–H and O–H groups in total. The van der Waals surface area contributed by atoms with Gasteiger partial charge in [-0.2, -0.15) is 0 Å². The number of hydrogen-bond donors (Lipinski definition) is 2. The van der Waals surface area contributed by atoms with E-state index in [1.54, 1.807) is 0 Å². The number of nitrogens with one attached hydrogen (secondary N) is 1. The zero-order valence-electron chi connectivity index (χ0n) is 13.2. The molecule has 2 atom stereocenters. The van der Waals surface area contributed by atoms with E-state index in [1.165, 1.54) is 36.8 Å². The van der Waals surface area contributed by atoms with Crippen molar-refractivity contribution in [3.05, 3.63) is 34.9 Å². The quantitative estimate of drug-likeness (QED) is 0.831. The molecule has 1 aromatic rings. The number of aryl methyl sites for hydroxylation is 2. The van der Waals surface area contributed by atoms with Crippen molar-refractivity contribution in [1.29, 1.82) is 0 Å². The lowest BCUT2D eigenvalue weighted by molar-refractivity contribution is 0.124. The molecule has 0 aliphatic heterocycles. The van der Waals surface area contributed by atoms with E-state index in [0.29, 0.717) is 5.92 Å². The maximum Gasteiger partial charge on any atom is 0.0942 e. The Morgan fingerprint density at radius 3 is 2.50 bits per heavy atom. The molecule has 0 spiro atoms. The number of benzene rings is 1. The zero-order valence-corrected chi connectivity index (χ0v) is 13.2. The summed E-state index contributed by atoms with van der Waals surface area (Å²) in [6.07, 6.45) is 5.52. The molecule has 1 aliphatic carbocycles. The maximum absolute atomic E-state index is 10.6. The highest BCUT2D eigenvalue weighted by atomic mass is 16.3. The SMILES string of the molecule is CCC(NCC(C)C)C(O)c1ccc2c(c1)CCCC2. The smallest absolute Gasteiger partial charge is 0.0942 e. The minimum absolute atomic E-state index is 0.152. The molecule has 1 aromatic carbocycles. The van der Waals surface area contributed by atoms with Crippen LogP contribution >= 0.6 is 0 Å². The Balaban J connectivity index is 2.08. The molecule has 2 unspecified atom stereocenters. The molecule has 0 aromatic heterocycles. The van der Waals surface area contributed by atoms with Gasteiger partial charge in [-0.25, -0.2) is 0 Å². The Morgan fingerprint density at radius 2 is 1.85 bits per heavy atom. The second-order valence-corrected chi connectivity index (χ2v) is 6.50. The number of hydrogen-bond acceptors (Lipinski definition) is 2. The predicted molar refractivity (Wildman–Crippen MR) is 85.0 cm³/mol. The minimum Gasteiger partial charge on any atom is -0.387 e.